The van der Waals surface area contributed by atoms with E-state index in [4.69, 9.17) is 0 Å². The molecule has 9 heavy (non-hydrogen) atoms. The van der Waals surface area contributed by atoms with Crippen LogP contribution in [0.5, 0.6) is 0 Å². The minimum absolute atomic E-state index is 1.31. The minimum Gasteiger partial charge on any atom is -0.0992 e. The molecule has 0 aromatic heterocycles. The molecule has 0 aliphatic carbocycles. The van der Waals surface area contributed by atoms with Crippen molar-refractivity contribution in [2.45, 2.75) is 32.1 Å². The Hall–Kier alpha value is 0.860. The van der Waals surface area contributed by atoms with Crippen LogP contribution in [0.25, 0.3) is 0 Å². The molecule has 2 unspecified atom stereocenters. The summed E-state index contributed by atoms with van der Waals surface area (Å²) in [6.45, 7) is 0. The number of rotatable bonds is 0. The van der Waals surface area contributed by atoms with Crippen LogP contribution in [-0.4, -0.2) is 12.3 Å². The van der Waals surface area contributed by atoms with Gasteiger partial charge in [-0.05, 0) is 25.2 Å². The molecule has 1 heterocycles. The molecule has 2 heteroatoms. The standard InChI is InChI=1S/C7H16P2/c1-2-4-6-8-9-7-5-3-1/h8-9H,1-7H2. The first-order valence-corrected chi connectivity index (χ1v) is 7.37. The average molecular weight is 162 g/mol. The third-order valence-electron chi connectivity index (χ3n) is 1.73. The summed E-state index contributed by atoms with van der Waals surface area (Å²) in [5, 5.41) is 0. The van der Waals surface area contributed by atoms with Crippen LogP contribution in [0.4, 0.5) is 0 Å². The third-order valence-corrected chi connectivity index (χ3v) is 5.44. The van der Waals surface area contributed by atoms with Gasteiger partial charge in [0.05, 0.1) is 0 Å². The van der Waals surface area contributed by atoms with Crippen LogP contribution in [0.1, 0.15) is 32.1 Å². The smallest absolute Gasteiger partial charge is 0.0317 e. The second-order valence-corrected chi connectivity index (χ2v) is 6.45. The maximum Gasteiger partial charge on any atom is -0.0317 e. The molecule has 0 amide bonds. The van der Waals surface area contributed by atoms with E-state index in [1.165, 1.54) is 48.6 Å². The largest absolute Gasteiger partial charge is 0.0992 e. The van der Waals surface area contributed by atoms with Crippen molar-refractivity contribution in [3.63, 3.8) is 0 Å². The molecule has 0 nitrogen and oxygen atoms in total. The second kappa shape index (κ2) is 5.63. The van der Waals surface area contributed by atoms with E-state index >= 15 is 0 Å². The first-order chi connectivity index (χ1) is 4.50. The molecule has 1 fully saturated rings. The van der Waals surface area contributed by atoms with Gasteiger partial charge in [0, 0.05) is 0 Å². The van der Waals surface area contributed by atoms with E-state index in [1.807, 2.05) is 0 Å². The van der Waals surface area contributed by atoms with Crippen molar-refractivity contribution in [2.75, 3.05) is 12.3 Å². The Balaban J connectivity index is 2.02. The van der Waals surface area contributed by atoms with E-state index in [9.17, 15) is 0 Å². The van der Waals surface area contributed by atoms with E-state index in [2.05, 4.69) is 0 Å². The minimum atomic E-state index is 1.31. The van der Waals surface area contributed by atoms with Gasteiger partial charge < -0.3 is 0 Å². The van der Waals surface area contributed by atoms with Crippen molar-refractivity contribution in [1.82, 2.24) is 0 Å². The monoisotopic (exact) mass is 162 g/mol. The quantitative estimate of drug-likeness (QED) is 0.480. The van der Waals surface area contributed by atoms with E-state index in [-0.39, 0.29) is 0 Å². The summed E-state index contributed by atoms with van der Waals surface area (Å²) in [6, 6.07) is 0. The van der Waals surface area contributed by atoms with Crippen molar-refractivity contribution < 1.29 is 0 Å². The summed E-state index contributed by atoms with van der Waals surface area (Å²) >= 11 is 0. The lowest BCUT2D eigenvalue weighted by atomic mass is 10.2. The lowest BCUT2D eigenvalue weighted by Gasteiger charge is -1.94. The summed E-state index contributed by atoms with van der Waals surface area (Å²) in [6.07, 6.45) is 10.7. The van der Waals surface area contributed by atoms with Crippen LogP contribution < -0.4 is 0 Å². The van der Waals surface area contributed by atoms with Gasteiger partial charge in [-0.1, -0.05) is 35.8 Å². The molecule has 0 aromatic rings. The molecule has 0 saturated carbocycles. The number of hydrogen-bond donors (Lipinski definition) is 0. The van der Waals surface area contributed by atoms with Crippen LogP contribution in [0.15, 0.2) is 0 Å². The van der Waals surface area contributed by atoms with Gasteiger partial charge in [0.15, 0.2) is 0 Å². The summed E-state index contributed by atoms with van der Waals surface area (Å²) in [4.78, 5) is 0. The van der Waals surface area contributed by atoms with Crippen LogP contribution >= 0.6 is 16.5 Å². The van der Waals surface area contributed by atoms with Gasteiger partial charge in [-0.15, -0.1) is 0 Å². The molecule has 0 N–H and O–H groups in total. The van der Waals surface area contributed by atoms with Crippen LogP contribution in [-0.2, 0) is 0 Å². The van der Waals surface area contributed by atoms with Crippen molar-refractivity contribution >= 4 is 16.5 Å². The van der Waals surface area contributed by atoms with Crippen molar-refractivity contribution in [2.24, 2.45) is 0 Å². The lowest BCUT2D eigenvalue weighted by Crippen LogP contribution is -1.77. The van der Waals surface area contributed by atoms with E-state index in [0.29, 0.717) is 0 Å². The molecular formula is C7H16P2. The van der Waals surface area contributed by atoms with Crippen molar-refractivity contribution in [3.8, 4) is 0 Å². The highest BCUT2D eigenvalue weighted by Gasteiger charge is 1.95. The molecule has 0 radical (unpaired) electrons. The second-order valence-electron chi connectivity index (χ2n) is 2.62. The zero-order valence-electron chi connectivity index (χ0n) is 5.95. The zero-order valence-corrected chi connectivity index (χ0v) is 7.95. The normalized spacial score (nSPS) is 29.3. The topological polar surface area (TPSA) is 0 Å². The summed E-state index contributed by atoms with van der Waals surface area (Å²) in [7, 11) is 2.63. The fourth-order valence-corrected chi connectivity index (χ4v) is 4.46. The molecule has 0 aromatic carbocycles. The first-order valence-electron chi connectivity index (χ1n) is 3.96. The molecule has 2 atom stereocenters. The summed E-state index contributed by atoms with van der Waals surface area (Å²) in [5.74, 6) is 0. The predicted octanol–water partition coefficient (Wildman–Crippen LogP) is 3.22. The molecule has 54 valence electrons. The van der Waals surface area contributed by atoms with Crippen LogP contribution in [0.3, 0.4) is 0 Å². The van der Waals surface area contributed by atoms with Gasteiger partial charge in [0.2, 0.25) is 0 Å². The van der Waals surface area contributed by atoms with Crippen LogP contribution in [0.2, 0.25) is 0 Å². The fraction of sp³-hybridized carbons (Fsp3) is 1.00. The number of hydrogen-bond acceptors (Lipinski definition) is 0. The Kier molecular flexibility index (Phi) is 4.98. The van der Waals surface area contributed by atoms with Crippen molar-refractivity contribution in [3.05, 3.63) is 0 Å². The van der Waals surface area contributed by atoms with Gasteiger partial charge in [0.25, 0.3) is 0 Å². The van der Waals surface area contributed by atoms with Gasteiger partial charge in [-0.25, -0.2) is 0 Å². The predicted molar refractivity (Wildman–Crippen MR) is 49.4 cm³/mol. The van der Waals surface area contributed by atoms with Gasteiger partial charge in [-0.2, -0.15) is 0 Å². The molecular weight excluding hydrogens is 146 g/mol. The van der Waals surface area contributed by atoms with Crippen LogP contribution in [0, 0.1) is 0 Å². The average Bonchev–Trinajstić information content (AvgIpc) is 2.00. The van der Waals surface area contributed by atoms with Crippen molar-refractivity contribution in [1.29, 1.82) is 0 Å². The first kappa shape index (κ1) is 7.96. The lowest BCUT2D eigenvalue weighted by molar-refractivity contribution is 0.664. The maximum atomic E-state index is 1.54. The Morgan fingerprint density at radius 1 is 0.556 bits per heavy atom. The molecule has 1 saturated heterocycles. The fourth-order valence-electron chi connectivity index (χ4n) is 1.13. The highest BCUT2D eigenvalue weighted by atomic mass is 32.0. The summed E-state index contributed by atoms with van der Waals surface area (Å²) in [5.41, 5.74) is 0. The molecule has 0 spiro atoms. The highest BCUT2D eigenvalue weighted by molar-refractivity contribution is 8.11. The molecule has 0 bridgehead atoms. The van der Waals surface area contributed by atoms with E-state index < -0.39 is 0 Å². The molecule has 1 aliphatic heterocycles. The third kappa shape index (κ3) is 4.29. The maximum absolute atomic E-state index is 1.54. The van der Waals surface area contributed by atoms with E-state index in [1.54, 1.807) is 12.3 Å². The molecule has 1 rings (SSSR count). The Labute approximate surface area is 61.6 Å². The molecule has 1 aliphatic rings. The summed E-state index contributed by atoms with van der Waals surface area (Å²) < 4.78 is 0. The zero-order chi connectivity index (χ0) is 6.36. The van der Waals surface area contributed by atoms with E-state index in [0.717, 1.165) is 0 Å². The highest BCUT2D eigenvalue weighted by Crippen LogP contribution is 2.39. The Bertz CT molecular complexity index is 35.4. The Morgan fingerprint density at radius 3 is 1.56 bits per heavy atom. The SMILES string of the molecule is C1CCCPPCCC1. The van der Waals surface area contributed by atoms with Gasteiger partial charge >= 0.3 is 0 Å². The van der Waals surface area contributed by atoms with Gasteiger partial charge in [0.1, 0.15) is 0 Å². The van der Waals surface area contributed by atoms with Gasteiger partial charge in [-0.3, -0.25) is 0 Å². The Morgan fingerprint density at radius 2 is 1.00 bits per heavy atom.